The van der Waals surface area contributed by atoms with E-state index in [1.54, 1.807) is 11.3 Å². The third-order valence-electron chi connectivity index (χ3n) is 4.27. The van der Waals surface area contributed by atoms with E-state index >= 15 is 0 Å². The van der Waals surface area contributed by atoms with Crippen LogP contribution in [0.2, 0.25) is 0 Å². The molecule has 1 aliphatic heterocycles. The largest absolute Gasteiger partial charge is 0.351 e. The van der Waals surface area contributed by atoms with E-state index in [-0.39, 0.29) is 11.3 Å². The fourth-order valence-electron chi connectivity index (χ4n) is 2.72. The van der Waals surface area contributed by atoms with E-state index in [9.17, 15) is 4.79 Å². The molecule has 1 aliphatic rings. The molecule has 1 unspecified atom stereocenters. The predicted molar refractivity (Wildman–Crippen MR) is 80.5 cm³/mol. The Hall–Kier alpha value is -0.870. The third kappa shape index (κ3) is 3.18. The summed E-state index contributed by atoms with van der Waals surface area (Å²) in [6.07, 6.45) is 3.01. The molecule has 2 rings (SSSR count). The Kier molecular flexibility index (Phi) is 4.63. The van der Waals surface area contributed by atoms with Crippen molar-refractivity contribution in [2.45, 2.75) is 46.6 Å². The summed E-state index contributed by atoms with van der Waals surface area (Å²) < 4.78 is 0. The lowest BCUT2D eigenvalue weighted by molar-refractivity contribution is -0.132. The van der Waals surface area contributed by atoms with Crippen LogP contribution in [-0.4, -0.2) is 19.0 Å². The number of carbonyl (C=O) groups is 1. The Labute approximate surface area is 119 Å². The number of piperidine rings is 1. The Morgan fingerprint density at radius 2 is 2.32 bits per heavy atom. The molecular formula is C15H24N2OS. The van der Waals surface area contributed by atoms with Gasteiger partial charge in [-0.2, -0.15) is 0 Å². The first-order valence-electron chi connectivity index (χ1n) is 7.12. The van der Waals surface area contributed by atoms with Gasteiger partial charge < -0.3 is 10.6 Å². The molecule has 0 aromatic carbocycles. The van der Waals surface area contributed by atoms with Crippen LogP contribution in [0.1, 0.15) is 41.5 Å². The monoisotopic (exact) mass is 280 g/mol. The van der Waals surface area contributed by atoms with E-state index in [1.807, 2.05) is 0 Å². The molecule has 1 atom stereocenters. The zero-order valence-electron chi connectivity index (χ0n) is 12.1. The molecule has 4 heteroatoms. The highest BCUT2D eigenvalue weighted by Gasteiger charge is 2.37. The molecule has 0 radical (unpaired) electrons. The van der Waals surface area contributed by atoms with E-state index in [1.165, 1.54) is 15.3 Å². The molecule has 1 amide bonds. The summed E-state index contributed by atoms with van der Waals surface area (Å²) in [6, 6.07) is 2.18. The molecule has 1 aromatic rings. The topological polar surface area (TPSA) is 41.1 Å². The minimum atomic E-state index is -0.195. The number of thiophene rings is 1. The second-order valence-corrected chi connectivity index (χ2v) is 6.89. The summed E-state index contributed by atoms with van der Waals surface area (Å²) in [5.74, 6) is 0.214. The fourth-order valence-corrected chi connectivity index (χ4v) is 3.71. The van der Waals surface area contributed by atoms with Crippen molar-refractivity contribution >= 4 is 17.2 Å². The van der Waals surface area contributed by atoms with Crippen molar-refractivity contribution in [2.75, 3.05) is 13.1 Å². The van der Waals surface area contributed by atoms with Crippen LogP contribution < -0.4 is 10.6 Å². The molecule has 1 aromatic heterocycles. The number of hydrogen-bond donors (Lipinski definition) is 2. The van der Waals surface area contributed by atoms with Gasteiger partial charge >= 0.3 is 0 Å². The molecule has 106 valence electrons. The van der Waals surface area contributed by atoms with Crippen LogP contribution in [-0.2, 0) is 11.3 Å². The maximum absolute atomic E-state index is 12.5. The SMILES string of the molecule is CCC1(C(=O)NCc2cc(C)c(C)s2)CCCNC1. The van der Waals surface area contributed by atoms with Gasteiger partial charge in [0.25, 0.3) is 0 Å². The van der Waals surface area contributed by atoms with Crippen LogP contribution in [0.5, 0.6) is 0 Å². The van der Waals surface area contributed by atoms with Gasteiger partial charge in [0.1, 0.15) is 0 Å². The average molecular weight is 280 g/mol. The summed E-state index contributed by atoms with van der Waals surface area (Å²) in [4.78, 5) is 15.1. The van der Waals surface area contributed by atoms with Crippen molar-refractivity contribution in [1.82, 2.24) is 10.6 Å². The lowest BCUT2D eigenvalue weighted by Gasteiger charge is -2.35. The van der Waals surface area contributed by atoms with Gasteiger partial charge in [0.05, 0.1) is 12.0 Å². The Morgan fingerprint density at radius 3 is 2.84 bits per heavy atom. The standard InChI is InChI=1S/C15H24N2OS/c1-4-15(6-5-7-16-10-15)14(18)17-9-13-8-11(2)12(3)19-13/h8,16H,4-7,9-10H2,1-3H3,(H,17,18). The Morgan fingerprint density at radius 1 is 1.53 bits per heavy atom. The number of carbonyl (C=O) groups excluding carboxylic acids is 1. The summed E-state index contributed by atoms with van der Waals surface area (Å²) in [5, 5.41) is 6.49. The van der Waals surface area contributed by atoms with Gasteiger partial charge in [-0.25, -0.2) is 0 Å². The second kappa shape index (κ2) is 6.06. The van der Waals surface area contributed by atoms with E-state index in [4.69, 9.17) is 0 Å². The first kappa shape index (κ1) is 14.5. The van der Waals surface area contributed by atoms with Crippen molar-refractivity contribution in [2.24, 2.45) is 5.41 Å². The Bertz CT molecular complexity index is 427. The van der Waals surface area contributed by atoms with Crippen molar-refractivity contribution in [3.05, 3.63) is 21.4 Å². The fraction of sp³-hybridized carbons (Fsp3) is 0.667. The Balaban J connectivity index is 1.96. The lowest BCUT2D eigenvalue weighted by atomic mass is 9.77. The number of rotatable bonds is 4. The normalized spacial score (nSPS) is 23.3. The van der Waals surface area contributed by atoms with Crippen LogP contribution in [0.3, 0.4) is 0 Å². The summed E-state index contributed by atoms with van der Waals surface area (Å²) >= 11 is 1.78. The van der Waals surface area contributed by atoms with E-state index in [0.717, 1.165) is 32.4 Å². The number of amides is 1. The minimum Gasteiger partial charge on any atom is -0.351 e. The molecule has 0 saturated carbocycles. The first-order valence-corrected chi connectivity index (χ1v) is 7.94. The molecule has 3 nitrogen and oxygen atoms in total. The third-order valence-corrected chi connectivity index (χ3v) is 5.42. The smallest absolute Gasteiger partial charge is 0.227 e. The van der Waals surface area contributed by atoms with Gasteiger partial charge in [-0.3, -0.25) is 4.79 Å². The van der Waals surface area contributed by atoms with Crippen LogP contribution in [0, 0.1) is 19.3 Å². The van der Waals surface area contributed by atoms with Gasteiger partial charge in [0.15, 0.2) is 0 Å². The summed E-state index contributed by atoms with van der Waals surface area (Å²) in [7, 11) is 0. The molecule has 2 heterocycles. The lowest BCUT2D eigenvalue weighted by Crippen LogP contribution is -2.49. The minimum absolute atomic E-state index is 0.195. The van der Waals surface area contributed by atoms with Gasteiger partial charge in [0.2, 0.25) is 5.91 Å². The van der Waals surface area contributed by atoms with Crippen molar-refractivity contribution < 1.29 is 4.79 Å². The molecular weight excluding hydrogens is 256 g/mol. The highest BCUT2D eigenvalue weighted by Crippen LogP contribution is 2.30. The van der Waals surface area contributed by atoms with Gasteiger partial charge in [0, 0.05) is 16.3 Å². The van der Waals surface area contributed by atoms with Gasteiger partial charge in [-0.05, 0) is 51.3 Å². The second-order valence-electron chi connectivity index (χ2n) is 5.55. The zero-order valence-corrected chi connectivity index (χ0v) is 13.0. The molecule has 0 bridgehead atoms. The number of hydrogen-bond acceptors (Lipinski definition) is 3. The molecule has 1 fully saturated rings. The van der Waals surface area contributed by atoms with Crippen molar-refractivity contribution in [3.8, 4) is 0 Å². The van der Waals surface area contributed by atoms with E-state index < -0.39 is 0 Å². The number of nitrogens with one attached hydrogen (secondary N) is 2. The van der Waals surface area contributed by atoms with Crippen LogP contribution >= 0.6 is 11.3 Å². The predicted octanol–water partition coefficient (Wildman–Crippen LogP) is 2.76. The van der Waals surface area contributed by atoms with E-state index in [2.05, 4.69) is 37.5 Å². The number of aryl methyl sites for hydroxylation is 2. The van der Waals surface area contributed by atoms with Crippen LogP contribution in [0.4, 0.5) is 0 Å². The zero-order chi connectivity index (χ0) is 13.9. The summed E-state index contributed by atoms with van der Waals surface area (Å²) in [5.41, 5.74) is 1.12. The molecule has 0 aliphatic carbocycles. The highest BCUT2D eigenvalue weighted by molar-refractivity contribution is 7.12. The molecule has 2 N–H and O–H groups in total. The van der Waals surface area contributed by atoms with Gasteiger partial charge in [-0.1, -0.05) is 6.92 Å². The quantitative estimate of drug-likeness (QED) is 0.890. The van der Waals surface area contributed by atoms with Crippen LogP contribution in [0.15, 0.2) is 6.07 Å². The summed E-state index contributed by atoms with van der Waals surface area (Å²) in [6.45, 7) is 8.89. The average Bonchev–Trinajstić information content (AvgIpc) is 2.76. The maximum Gasteiger partial charge on any atom is 0.227 e. The first-order chi connectivity index (χ1) is 9.07. The van der Waals surface area contributed by atoms with Gasteiger partial charge in [-0.15, -0.1) is 11.3 Å². The molecule has 1 saturated heterocycles. The van der Waals surface area contributed by atoms with Crippen molar-refractivity contribution in [3.63, 3.8) is 0 Å². The molecule has 19 heavy (non-hydrogen) atoms. The maximum atomic E-state index is 12.5. The highest BCUT2D eigenvalue weighted by atomic mass is 32.1. The van der Waals surface area contributed by atoms with Crippen LogP contribution in [0.25, 0.3) is 0 Å². The molecule has 0 spiro atoms. The van der Waals surface area contributed by atoms with E-state index in [0.29, 0.717) is 6.54 Å². The van der Waals surface area contributed by atoms with Crippen molar-refractivity contribution in [1.29, 1.82) is 0 Å².